The summed E-state index contributed by atoms with van der Waals surface area (Å²) in [6.45, 7) is 0.429. The van der Waals surface area contributed by atoms with Gasteiger partial charge in [-0.25, -0.2) is 0 Å². The molecule has 0 aromatic rings. The third-order valence-corrected chi connectivity index (χ3v) is 2.24. The predicted octanol–water partition coefficient (Wildman–Crippen LogP) is 0.439. The first-order chi connectivity index (χ1) is 6.23. The van der Waals surface area contributed by atoms with Crippen molar-refractivity contribution in [2.45, 2.75) is 5.54 Å². The van der Waals surface area contributed by atoms with Crippen molar-refractivity contribution in [3.05, 3.63) is 48.5 Å². The maximum atomic E-state index is 5.99. The summed E-state index contributed by atoms with van der Waals surface area (Å²) in [4.78, 5) is 2.01. The van der Waals surface area contributed by atoms with Crippen molar-refractivity contribution in [2.24, 2.45) is 11.5 Å². The molecule has 0 aromatic carbocycles. The van der Waals surface area contributed by atoms with Crippen LogP contribution in [0.2, 0.25) is 0 Å². The molecule has 1 atom stereocenters. The van der Waals surface area contributed by atoms with E-state index in [0.717, 1.165) is 5.70 Å². The monoisotopic (exact) mass is 175 g/mol. The highest BCUT2D eigenvalue weighted by Gasteiger charge is 2.22. The summed E-state index contributed by atoms with van der Waals surface area (Å²) in [7, 11) is 0. The lowest BCUT2D eigenvalue weighted by Gasteiger charge is -2.31. The van der Waals surface area contributed by atoms with Gasteiger partial charge in [0.2, 0.25) is 0 Å². The fourth-order valence-corrected chi connectivity index (χ4v) is 1.40. The summed E-state index contributed by atoms with van der Waals surface area (Å²) in [5.74, 6) is 0. The quantitative estimate of drug-likeness (QED) is 0.608. The largest absolute Gasteiger partial charge is 0.328 e. The molecular formula is C10H13N3. The summed E-state index contributed by atoms with van der Waals surface area (Å²) < 4.78 is 0. The number of allylic oxidation sites excluding steroid dienone is 3. The number of nitrogens with two attached hydrogens (primary N) is 2. The Kier molecular flexibility index (Phi) is 1.83. The van der Waals surface area contributed by atoms with E-state index >= 15 is 0 Å². The predicted molar refractivity (Wildman–Crippen MR) is 53.3 cm³/mol. The molecule has 0 amide bonds. The molecule has 2 aliphatic heterocycles. The summed E-state index contributed by atoms with van der Waals surface area (Å²) in [6.07, 6.45) is 13.8. The Morgan fingerprint density at radius 3 is 2.92 bits per heavy atom. The van der Waals surface area contributed by atoms with E-state index in [-0.39, 0.29) is 0 Å². The van der Waals surface area contributed by atoms with Crippen molar-refractivity contribution in [1.29, 1.82) is 0 Å². The molecule has 3 nitrogen and oxygen atoms in total. The van der Waals surface area contributed by atoms with Crippen molar-refractivity contribution >= 4 is 0 Å². The van der Waals surface area contributed by atoms with Crippen LogP contribution in [-0.4, -0.2) is 17.0 Å². The van der Waals surface area contributed by atoms with Gasteiger partial charge in [0.15, 0.2) is 0 Å². The highest BCUT2D eigenvalue weighted by molar-refractivity contribution is 5.38. The second-order valence-electron chi connectivity index (χ2n) is 3.31. The van der Waals surface area contributed by atoms with Crippen LogP contribution >= 0.6 is 0 Å². The minimum absolute atomic E-state index is 0.429. The zero-order valence-electron chi connectivity index (χ0n) is 7.35. The smallest absolute Gasteiger partial charge is 0.0689 e. The molecule has 0 saturated carbocycles. The zero-order valence-corrected chi connectivity index (χ0v) is 7.35. The standard InChI is InChI=1S/C10H13N3/c11-8-10(12)4-6-13-5-2-1-3-9(13)7-10/h1-7H,8,11-12H2. The van der Waals surface area contributed by atoms with E-state index in [0.29, 0.717) is 6.54 Å². The Balaban J connectivity index is 2.33. The van der Waals surface area contributed by atoms with Crippen LogP contribution in [0.5, 0.6) is 0 Å². The van der Waals surface area contributed by atoms with Gasteiger partial charge >= 0.3 is 0 Å². The summed E-state index contributed by atoms with van der Waals surface area (Å²) >= 11 is 0. The summed E-state index contributed by atoms with van der Waals surface area (Å²) in [6, 6.07) is 0. The summed E-state index contributed by atoms with van der Waals surface area (Å²) in [5, 5.41) is 0. The Bertz CT molecular complexity index is 325. The Morgan fingerprint density at radius 2 is 2.15 bits per heavy atom. The molecule has 68 valence electrons. The summed E-state index contributed by atoms with van der Waals surface area (Å²) in [5.41, 5.74) is 12.2. The Labute approximate surface area is 77.7 Å². The van der Waals surface area contributed by atoms with Crippen molar-refractivity contribution in [3.8, 4) is 0 Å². The molecule has 1 unspecified atom stereocenters. The van der Waals surface area contributed by atoms with Crippen molar-refractivity contribution < 1.29 is 0 Å². The number of fused-ring (bicyclic) bond motifs is 1. The van der Waals surface area contributed by atoms with Gasteiger partial charge in [0, 0.05) is 24.6 Å². The van der Waals surface area contributed by atoms with Crippen LogP contribution in [0.4, 0.5) is 0 Å². The maximum Gasteiger partial charge on any atom is 0.0689 e. The van der Waals surface area contributed by atoms with E-state index < -0.39 is 5.54 Å². The lowest BCUT2D eigenvalue weighted by molar-refractivity contribution is 0.559. The normalized spacial score (nSPS) is 30.3. The van der Waals surface area contributed by atoms with E-state index in [9.17, 15) is 0 Å². The number of nitrogens with zero attached hydrogens (tertiary/aromatic N) is 1. The van der Waals surface area contributed by atoms with E-state index in [1.165, 1.54) is 0 Å². The van der Waals surface area contributed by atoms with E-state index in [4.69, 9.17) is 11.5 Å². The van der Waals surface area contributed by atoms with Gasteiger partial charge in [0.05, 0.1) is 5.54 Å². The molecule has 2 heterocycles. The first kappa shape index (κ1) is 8.29. The van der Waals surface area contributed by atoms with E-state index in [2.05, 4.69) is 0 Å². The van der Waals surface area contributed by atoms with Crippen LogP contribution in [-0.2, 0) is 0 Å². The zero-order chi connectivity index (χ0) is 9.31. The van der Waals surface area contributed by atoms with E-state index in [1.807, 2.05) is 47.7 Å². The highest BCUT2D eigenvalue weighted by Crippen LogP contribution is 2.21. The molecule has 2 aliphatic rings. The van der Waals surface area contributed by atoms with Crippen LogP contribution in [0.25, 0.3) is 0 Å². The average molecular weight is 175 g/mol. The van der Waals surface area contributed by atoms with Gasteiger partial charge in [0.1, 0.15) is 0 Å². The Hall–Kier alpha value is -1.32. The molecule has 3 heteroatoms. The minimum Gasteiger partial charge on any atom is -0.328 e. The minimum atomic E-state index is -0.485. The fourth-order valence-electron chi connectivity index (χ4n) is 1.40. The molecule has 0 aromatic heterocycles. The third-order valence-electron chi connectivity index (χ3n) is 2.24. The van der Waals surface area contributed by atoms with Crippen molar-refractivity contribution in [1.82, 2.24) is 4.90 Å². The third kappa shape index (κ3) is 1.43. The topological polar surface area (TPSA) is 55.3 Å². The molecule has 0 fully saturated rings. The molecule has 0 radical (unpaired) electrons. The van der Waals surface area contributed by atoms with Gasteiger partial charge in [-0.15, -0.1) is 0 Å². The fraction of sp³-hybridized carbons (Fsp3) is 0.200. The first-order valence-corrected chi connectivity index (χ1v) is 4.28. The van der Waals surface area contributed by atoms with Gasteiger partial charge in [-0.1, -0.05) is 6.08 Å². The molecule has 0 aliphatic carbocycles. The molecule has 0 bridgehead atoms. The van der Waals surface area contributed by atoms with Gasteiger partial charge in [-0.2, -0.15) is 0 Å². The van der Waals surface area contributed by atoms with Gasteiger partial charge in [-0.05, 0) is 24.3 Å². The number of rotatable bonds is 1. The van der Waals surface area contributed by atoms with Crippen LogP contribution in [0.1, 0.15) is 0 Å². The number of hydrogen-bond donors (Lipinski definition) is 2. The van der Waals surface area contributed by atoms with E-state index in [1.54, 1.807) is 0 Å². The van der Waals surface area contributed by atoms with Crippen LogP contribution in [0.3, 0.4) is 0 Å². The van der Waals surface area contributed by atoms with Crippen LogP contribution < -0.4 is 11.5 Å². The second kappa shape index (κ2) is 2.87. The molecule has 4 N–H and O–H groups in total. The molecule has 2 rings (SSSR count). The molecule has 0 spiro atoms. The van der Waals surface area contributed by atoms with Crippen molar-refractivity contribution in [3.63, 3.8) is 0 Å². The van der Waals surface area contributed by atoms with Gasteiger partial charge in [-0.3, -0.25) is 0 Å². The molecule has 13 heavy (non-hydrogen) atoms. The SMILES string of the molecule is NCC1(N)C=CN2C=CC=CC2=C1. The molecular weight excluding hydrogens is 162 g/mol. The Morgan fingerprint density at radius 1 is 1.31 bits per heavy atom. The lowest BCUT2D eigenvalue weighted by Crippen LogP contribution is -2.45. The average Bonchev–Trinajstić information content (AvgIpc) is 2.18. The van der Waals surface area contributed by atoms with Crippen LogP contribution in [0, 0.1) is 0 Å². The second-order valence-corrected chi connectivity index (χ2v) is 3.31. The van der Waals surface area contributed by atoms with Crippen LogP contribution in [0.15, 0.2) is 48.5 Å². The lowest BCUT2D eigenvalue weighted by atomic mass is 9.96. The number of hydrogen-bond acceptors (Lipinski definition) is 3. The van der Waals surface area contributed by atoms with Gasteiger partial charge in [0.25, 0.3) is 0 Å². The maximum absolute atomic E-state index is 5.99. The van der Waals surface area contributed by atoms with Crippen molar-refractivity contribution in [2.75, 3.05) is 6.54 Å². The highest BCUT2D eigenvalue weighted by atomic mass is 15.1. The van der Waals surface area contributed by atoms with Gasteiger partial charge < -0.3 is 16.4 Å². The first-order valence-electron chi connectivity index (χ1n) is 4.28. The molecule has 0 saturated heterocycles.